The second kappa shape index (κ2) is 4.17. The number of aromatic nitrogens is 2. The fourth-order valence-corrected chi connectivity index (χ4v) is 1.39. The number of aliphatic imine (C=N–C) groups is 1. The van der Waals surface area contributed by atoms with Gasteiger partial charge >= 0.3 is 0 Å². The van der Waals surface area contributed by atoms with Gasteiger partial charge in [-0.2, -0.15) is 5.10 Å². The molecule has 0 fully saturated rings. The lowest BCUT2D eigenvalue weighted by Gasteiger charge is -2.08. The van der Waals surface area contributed by atoms with E-state index in [-0.39, 0.29) is 11.5 Å². The van der Waals surface area contributed by atoms with Gasteiger partial charge < -0.3 is 0 Å². The summed E-state index contributed by atoms with van der Waals surface area (Å²) in [7, 11) is 0. The third kappa shape index (κ3) is 1.89. The predicted molar refractivity (Wildman–Crippen MR) is 57.5 cm³/mol. The molecule has 1 heterocycles. The van der Waals surface area contributed by atoms with Gasteiger partial charge in [0.25, 0.3) is 5.56 Å². The Kier molecular flexibility index (Phi) is 3.17. The zero-order chi connectivity index (χ0) is 10.7. The number of nitrogens with zero attached hydrogens (tertiary/aromatic N) is 2. The molecule has 1 aromatic heterocycles. The maximum atomic E-state index is 11.4. The lowest BCUT2D eigenvalue weighted by atomic mass is 10.0. The standard InChI is InChI=1S/C10H15N3O/c1-5-11-9-7(4)8(6(2)3)12-13-10(9)14/h5-6H,1-4H3,(H,13,14). The predicted octanol–water partition coefficient (Wildman–Crippen LogP) is 1.92. The van der Waals surface area contributed by atoms with Crippen molar-refractivity contribution < 1.29 is 0 Å². The maximum absolute atomic E-state index is 11.4. The molecular formula is C10H15N3O. The smallest absolute Gasteiger partial charge is 0.266 e. The van der Waals surface area contributed by atoms with E-state index in [2.05, 4.69) is 15.2 Å². The van der Waals surface area contributed by atoms with Crippen LogP contribution in [0.15, 0.2) is 9.79 Å². The van der Waals surface area contributed by atoms with Crippen LogP contribution in [0.3, 0.4) is 0 Å². The summed E-state index contributed by atoms with van der Waals surface area (Å²) in [5.74, 6) is 0.289. The Balaban J connectivity index is 3.41. The summed E-state index contributed by atoms with van der Waals surface area (Å²) in [6, 6.07) is 0. The molecule has 0 atom stereocenters. The number of hydrogen-bond acceptors (Lipinski definition) is 3. The van der Waals surface area contributed by atoms with Crippen LogP contribution < -0.4 is 5.56 Å². The van der Waals surface area contributed by atoms with E-state index in [1.807, 2.05) is 20.8 Å². The first-order valence-corrected chi connectivity index (χ1v) is 4.65. The van der Waals surface area contributed by atoms with Crippen molar-refractivity contribution in [3.05, 3.63) is 21.6 Å². The first-order valence-electron chi connectivity index (χ1n) is 4.65. The normalized spacial score (nSPS) is 11.5. The topological polar surface area (TPSA) is 58.1 Å². The molecule has 0 radical (unpaired) electrons. The van der Waals surface area contributed by atoms with Crippen LogP contribution in [0.1, 0.15) is 37.9 Å². The molecule has 0 amide bonds. The molecule has 0 aliphatic heterocycles. The van der Waals surface area contributed by atoms with Crippen LogP contribution in [-0.2, 0) is 0 Å². The largest absolute Gasteiger partial charge is 0.290 e. The molecule has 1 rings (SSSR count). The molecule has 0 spiro atoms. The monoisotopic (exact) mass is 193 g/mol. The molecule has 76 valence electrons. The molecule has 0 aliphatic carbocycles. The highest BCUT2D eigenvalue weighted by molar-refractivity contribution is 5.62. The van der Waals surface area contributed by atoms with E-state index in [9.17, 15) is 4.79 Å². The van der Waals surface area contributed by atoms with Gasteiger partial charge in [-0.1, -0.05) is 13.8 Å². The summed E-state index contributed by atoms with van der Waals surface area (Å²) in [5, 5.41) is 6.46. The van der Waals surface area contributed by atoms with E-state index in [4.69, 9.17) is 0 Å². The first kappa shape index (κ1) is 10.6. The van der Waals surface area contributed by atoms with E-state index < -0.39 is 0 Å². The summed E-state index contributed by atoms with van der Waals surface area (Å²) >= 11 is 0. The van der Waals surface area contributed by atoms with E-state index in [1.165, 1.54) is 0 Å². The summed E-state index contributed by atoms with van der Waals surface area (Å²) in [5.41, 5.74) is 1.99. The number of hydrogen-bond donors (Lipinski definition) is 1. The van der Waals surface area contributed by atoms with Crippen molar-refractivity contribution in [2.45, 2.75) is 33.6 Å². The van der Waals surface area contributed by atoms with Crippen LogP contribution in [0, 0.1) is 6.92 Å². The molecule has 0 bridgehead atoms. The zero-order valence-corrected chi connectivity index (χ0v) is 8.96. The van der Waals surface area contributed by atoms with Crippen molar-refractivity contribution in [2.24, 2.45) is 4.99 Å². The van der Waals surface area contributed by atoms with Gasteiger partial charge in [0.05, 0.1) is 5.69 Å². The molecule has 1 N–H and O–H groups in total. The Hall–Kier alpha value is -1.45. The van der Waals surface area contributed by atoms with Gasteiger partial charge in [0.15, 0.2) is 0 Å². The molecule has 0 aliphatic rings. The molecule has 1 aromatic rings. The second-order valence-corrected chi connectivity index (χ2v) is 3.45. The minimum absolute atomic E-state index is 0.231. The number of nitrogens with one attached hydrogen (secondary N) is 1. The van der Waals surface area contributed by atoms with Crippen LogP contribution in [-0.4, -0.2) is 16.4 Å². The lowest BCUT2D eigenvalue weighted by Crippen LogP contribution is -2.13. The third-order valence-corrected chi connectivity index (χ3v) is 2.04. The molecular weight excluding hydrogens is 178 g/mol. The van der Waals surface area contributed by atoms with Crippen molar-refractivity contribution in [1.82, 2.24) is 10.2 Å². The summed E-state index contributed by atoms with van der Waals surface area (Å²) < 4.78 is 0. The Labute approximate surface area is 83.1 Å². The van der Waals surface area contributed by atoms with Crippen molar-refractivity contribution in [3.63, 3.8) is 0 Å². The van der Waals surface area contributed by atoms with E-state index in [0.717, 1.165) is 11.3 Å². The Bertz CT molecular complexity index is 404. The Morgan fingerprint density at radius 3 is 2.64 bits per heavy atom. The number of H-pyrrole nitrogens is 1. The molecule has 0 aromatic carbocycles. The summed E-state index contributed by atoms with van der Waals surface area (Å²) in [6.45, 7) is 7.73. The Morgan fingerprint density at radius 1 is 1.50 bits per heavy atom. The second-order valence-electron chi connectivity index (χ2n) is 3.45. The highest BCUT2D eigenvalue weighted by Gasteiger charge is 2.11. The molecule has 4 heteroatoms. The van der Waals surface area contributed by atoms with Crippen LogP contribution >= 0.6 is 0 Å². The van der Waals surface area contributed by atoms with Crippen LogP contribution in [0.25, 0.3) is 0 Å². The highest BCUT2D eigenvalue weighted by atomic mass is 16.1. The van der Waals surface area contributed by atoms with E-state index in [1.54, 1.807) is 13.1 Å². The SMILES string of the molecule is CC=Nc1c(C)c(C(C)C)n[nH]c1=O. The van der Waals surface area contributed by atoms with Crippen LogP contribution in [0.5, 0.6) is 0 Å². The van der Waals surface area contributed by atoms with Gasteiger partial charge in [-0.05, 0) is 19.8 Å². The zero-order valence-electron chi connectivity index (χ0n) is 8.96. The van der Waals surface area contributed by atoms with E-state index in [0.29, 0.717) is 5.69 Å². The highest BCUT2D eigenvalue weighted by Crippen LogP contribution is 2.20. The van der Waals surface area contributed by atoms with Gasteiger partial charge in [-0.25, -0.2) is 5.10 Å². The first-order chi connectivity index (χ1) is 6.57. The average molecular weight is 193 g/mol. The average Bonchev–Trinajstić information content (AvgIpc) is 2.11. The molecule has 0 saturated carbocycles. The fourth-order valence-electron chi connectivity index (χ4n) is 1.39. The lowest BCUT2D eigenvalue weighted by molar-refractivity contribution is 0.766. The number of rotatable bonds is 2. The van der Waals surface area contributed by atoms with Crippen LogP contribution in [0.4, 0.5) is 5.69 Å². The fraction of sp³-hybridized carbons (Fsp3) is 0.500. The number of aromatic amines is 1. The van der Waals surface area contributed by atoms with Crippen molar-refractivity contribution >= 4 is 11.9 Å². The third-order valence-electron chi connectivity index (χ3n) is 2.04. The molecule has 0 saturated heterocycles. The van der Waals surface area contributed by atoms with Gasteiger partial charge in [0.2, 0.25) is 0 Å². The van der Waals surface area contributed by atoms with Crippen molar-refractivity contribution in [1.29, 1.82) is 0 Å². The molecule has 4 nitrogen and oxygen atoms in total. The van der Waals surface area contributed by atoms with Gasteiger partial charge in [0, 0.05) is 11.8 Å². The minimum Gasteiger partial charge on any atom is -0.266 e. The Morgan fingerprint density at radius 2 is 2.14 bits per heavy atom. The molecule has 14 heavy (non-hydrogen) atoms. The van der Waals surface area contributed by atoms with Crippen LogP contribution in [0.2, 0.25) is 0 Å². The van der Waals surface area contributed by atoms with Gasteiger partial charge in [-0.3, -0.25) is 9.79 Å². The van der Waals surface area contributed by atoms with Crippen molar-refractivity contribution in [2.75, 3.05) is 0 Å². The van der Waals surface area contributed by atoms with Gasteiger partial charge in [0.1, 0.15) is 5.69 Å². The summed E-state index contributed by atoms with van der Waals surface area (Å²) in [4.78, 5) is 15.4. The molecule has 0 unspecified atom stereocenters. The summed E-state index contributed by atoms with van der Waals surface area (Å²) in [6.07, 6.45) is 1.61. The quantitative estimate of drug-likeness (QED) is 0.729. The minimum atomic E-state index is -0.231. The van der Waals surface area contributed by atoms with Gasteiger partial charge in [-0.15, -0.1) is 0 Å². The van der Waals surface area contributed by atoms with E-state index >= 15 is 0 Å². The van der Waals surface area contributed by atoms with Crippen molar-refractivity contribution in [3.8, 4) is 0 Å². The maximum Gasteiger partial charge on any atom is 0.290 e.